The molecule has 0 aliphatic carbocycles. The Bertz CT molecular complexity index is 299. The summed E-state index contributed by atoms with van der Waals surface area (Å²) >= 11 is 0. The van der Waals surface area contributed by atoms with Gasteiger partial charge in [0.15, 0.2) is 15.6 Å². The monoisotopic (exact) mass is 189 g/mol. The minimum Gasteiger partial charge on any atom is -0.297 e. The van der Waals surface area contributed by atoms with Crippen molar-refractivity contribution in [2.75, 3.05) is 6.26 Å². The van der Waals surface area contributed by atoms with Crippen molar-refractivity contribution in [3.63, 3.8) is 0 Å². The van der Waals surface area contributed by atoms with Gasteiger partial charge in [-0.15, -0.1) is 0 Å². The normalized spacial score (nSPS) is 13.4. The smallest absolute Gasteiger partial charge is 0.205 e. The lowest BCUT2D eigenvalue weighted by molar-refractivity contribution is -0.117. The van der Waals surface area contributed by atoms with Crippen LogP contribution >= 0.6 is 0 Å². The molecular formula is C7H11NO3S. The van der Waals surface area contributed by atoms with E-state index in [0.717, 1.165) is 6.26 Å². The van der Waals surface area contributed by atoms with E-state index in [1.807, 2.05) is 0 Å². The second-order valence-corrected chi connectivity index (χ2v) is 4.69. The molecule has 68 valence electrons. The molecule has 0 saturated heterocycles. The zero-order chi connectivity index (χ0) is 9.78. The summed E-state index contributed by atoms with van der Waals surface area (Å²) in [4.78, 5) is 11.0. The number of Topliss-reactive ketones (excluding diaryl/α,β-unsaturated/α-hetero) is 1. The van der Waals surface area contributed by atoms with Gasteiger partial charge in [-0.2, -0.15) is 5.26 Å². The van der Waals surface area contributed by atoms with E-state index in [1.54, 1.807) is 6.92 Å². The summed E-state index contributed by atoms with van der Waals surface area (Å²) in [6.07, 6.45) is 1.60. The first-order valence-corrected chi connectivity index (χ1v) is 5.50. The predicted molar refractivity (Wildman–Crippen MR) is 44.2 cm³/mol. The second kappa shape index (κ2) is 4.21. The summed E-state index contributed by atoms with van der Waals surface area (Å²) in [6.45, 7) is 1.76. The van der Waals surface area contributed by atoms with Crippen LogP contribution in [-0.4, -0.2) is 25.7 Å². The molecule has 0 rings (SSSR count). The summed E-state index contributed by atoms with van der Waals surface area (Å²) in [5.41, 5.74) is 0. The fourth-order valence-electron chi connectivity index (χ4n) is 0.784. The highest BCUT2D eigenvalue weighted by Crippen LogP contribution is 2.03. The Hall–Kier alpha value is -0.890. The quantitative estimate of drug-likeness (QED) is 0.637. The molecule has 4 nitrogen and oxygen atoms in total. The van der Waals surface area contributed by atoms with Gasteiger partial charge in [0.25, 0.3) is 0 Å². The molecule has 0 aromatic heterocycles. The number of nitriles is 1. The van der Waals surface area contributed by atoms with Crippen LogP contribution in [0.3, 0.4) is 0 Å². The Labute approximate surface area is 72.1 Å². The van der Waals surface area contributed by atoms with Gasteiger partial charge in [-0.1, -0.05) is 6.92 Å². The summed E-state index contributed by atoms with van der Waals surface area (Å²) in [6, 6.07) is 1.49. The van der Waals surface area contributed by atoms with Gasteiger partial charge < -0.3 is 0 Å². The third-order valence-corrected chi connectivity index (χ3v) is 2.56. The molecule has 0 fully saturated rings. The standard InChI is InChI=1S/C7H11NO3S/c1-3-4-6(9)7(5-8)12(2,10)11/h7H,3-4H2,1-2H3. The Morgan fingerprint density at radius 1 is 1.58 bits per heavy atom. The fraction of sp³-hybridized carbons (Fsp3) is 0.714. The lowest BCUT2D eigenvalue weighted by atomic mass is 10.2. The SMILES string of the molecule is CCCC(=O)C(C#N)S(C)(=O)=O. The zero-order valence-corrected chi connectivity index (χ0v) is 7.89. The van der Waals surface area contributed by atoms with Gasteiger partial charge in [0.05, 0.1) is 6.07 Å². The van der Waals surface area contributed by atoms with Gasteiger partial charge in [0, 0.05) is 12.7 Å². The Kier molecular flexibility index (Phi) is 3.90. The summed E-state index contributed by atoms with van der Waals surface area (Å²) in [7, 11) is -3.55. The van der Waals surface area contributed by atoms with Crippen LogP contribution in [0, 0.1) is 11.3 Å². The molecule has 0 radical (unpaired) electrons. The van der Waals surface area contributed by atoms with Gasteiger partial charge in [-0.25, -0.2) is 8.42 Å². The molecule has 0 aliphatic heterocycles. The van der Waals surface area contributed by atoms with Crippen LogP contribution in [0.25, 0.3) is 0 Å². The summed E-state index contributed by atoms with van der Waals surface area (Å²) in [5, 5.41) is 6.93. The Morgan fingerprint density at radius 2 is 2.08 bits per heavy atom. The number of rotatable bonds is 4. The third-order valence-electron chi connectivity index (χ3n) is 1.33. The van der Waals surface area contributed by atoms with E-state index in [1.165, 1.54) is 6.07 Å². The minimum atomic E-state index is -3.55. The first kappa shape index (κ1) is 11.1. The van der Waals surface area contributed by atoms with E-state index < -0.39 is 20.9 Å². The highest BCUT2D eigenvalue weighted by atomic mass is 32.2. The Morgan fingerprint density at radius 3 is 2.33 bits per heavy atom. The van der Waals surface area contributed by atoms with Crippen molar-refractivity contribution in [3.05, 3.63) is 0 Å². The number of carbonyl (C=O) groups is 1. The fourth-order valence-corrected chi connectivity index (χ4v) is 1.57. The maximum Gasteiger partial charge on any atom is 0.205 e. The molecule has 0 aliphatic rings. The molecule has 1 atom stereocenters. The van der Waals surface area contributed by atoms with Crippen LogP contribution in [0.4, 0.5) is 0 Å². The first-order chi connectivity index (χ1) is 5.43. The Balaban J connectivity index is 4.62. The number of hydrogen-bond acceptors (Lipinski definition) is 4. The lowest BCUT2D eigenvalue weighted by Gasteiger charge is -2.03. The van der Waals surface area contributed by atoms with E-state index in [9.17, 15) is 13.2 Å². The highest BCUT2D eigenvalue weighted by molar-refractivity contribution is 7.92. The molecule has 0 saturated carbocycles. The van der Waals surface area contributed by atoms with Crippen molar-refractivity contribution < 1.29 is 13.2 Å². The van der Waals surface area contributed by atoms with Gasteiger partial charge in [-0.3, -0.25) is 4.79 Å². The van der Waals surface area contributed by atoms with Crippen molar-refractivity contribution in [3.8, 4) is 6.07 Å². The number of nitrogens with zero attached hydrogens (tertiary/aromatic N) is 1. The van der Waals surface area contributed by atoms with Gasteiger partial charge >= 0.3 is 0 Å². The van der Waals surface area contributed by atoms with Crippen molar-refractivity contribution in [1.29, 1.82) is 5.26 Å². The van der Waals surface area contributed by atoms with Crippen molar-refractivity contribution in [2.24, 2.45) is 0 Å². The molecule has 0 heterocycles. The summed E-state index contributed by atoms with van der Waals surface area (Å²) in [5.74, 6) is -0.512. The van der Waals surface area contributed by atoms with Crippen LogP contribution in [0.1, 0.15) is 19.8 Å². The summed E-state index contributed by atoms with van der Waals surface area (Å²) < 4.78 is 21.7. The van der Waals surface area contributed by atoms with E-state index in [4.69, 9.17) is 5.26 Å². The zero-order valence-electron chi connectivity index (χ0n) is 7.07. The number of sulfone groups is 1. The molecular weight excluding hydrogens is 178 g/mol. The predicted octanol–water partition coefficient (Wildman–Crippen LogP) is 0.292. The molecule has 0 aromatic carbocycles. The lowest BCUT2D eigenvalue weighted by Crippen LogP contribution is -2.27. The van der Waals surface area contributed by atoms with Gasteiger partial charge in [-0.05, 0) is 6.42 Å². The van der Waals surface area contributed by atoms with Gasteiger partial charge in [0.2, 0.25) is 5.25 Å². The van der Waals surface area contributed by atoms with E-state index >= 15 is 0 Å². The molecule has 5 heteroatoms. The van der Waals surface area contributed by atoms with Crippen LogP contribution < -0.4 is 0 Å². The van der Waals surface area contributed by atoms with Crippen molar-refractivity contribution in [2.45, 2.75) is 25.0 Å². The molecule has 0 bridgehead atoms. The minimum absolute atomic E-state index is 0.144. The molecule has 0 aromatic rings. The first-order valence-electron chi connectivity index (χ1n) is 3.54. The number of ketones is 1. The molecule has 1 unspecified atom stereocenters. The maximum atomic E-state index is 11.0. The largest absolute Gasteiger partial charge is 0.297 e. The topological polar surface area (TPSA) is 75.0 Å². The molecule has 0 amide bonds. The van der Waals surface area contributed by atoms with E-state index in [2.05, 4.69) is 0 Å². The molecule has 0 spiro atoms. The number of carbonyl (C=O) groups excluding carboxylic acids is 1. The average Bonchev–Trinajstić information content (AvgIpc) is 1.85. The van der Waals surface area contributed by atoms with Gasteiger partial charge in [0.1, 0.15) is 0 Å². The van der Waals surface area contributed by atoms with Crippen molar-refractivity contribution in [1.82, 2.24) is 0 Å². The second-order valence-electron chi connectivity index (χ2n) is 2.55. The third kappa shape index (κ3) is 3.01. The molecule has 12 heavy (non-hydrogen) atoms. The van der Waals surface area contributed by atoms with Crippen LogP contribution in [0.15, 0.2) is 0 Å². The van der Waals surface area contributed by atoms with E-state index in [-0.39, 0.29) is 6.42 Å². The van der Waals surface area contributed by atoms with Crippen LogP contribution in [0.2, 0.25) is 0 Å². The molecule has 0 N–H and O–H groups in total. The maximum absolute atomic E-state index is 11.0. The highest BCUT2D eigenvalue weighted by Gasteiger charge is 2.27. The van der Waals surface area contributed by atoms with E-state index in [0.29, 0.717) is 6.42 Å². The average molecular weight is 189 g/mol. The van der Waals surface area contributed by atoms with Crippen LogP contribution in [0.5, 0.6) is 0 Å². The van der Waals surface area contributed by atoms with Crippen LogP contribution in [-0.2, 0) is 14.6 Å². The van der Waals surface area contributed by atoms with Crippen molar-refractivity contribution >= 4 is 15.6 Å². The number of hydrogen-bond donors (Lipinski definition) is 0.